The Morgan fingerprint density at radius 2 is 1.85 bits per heavy atom. The Hall–Kier alpha value is -2.93. The molecule has 1 aliphatic rings. The van der Waals surface area contributed by atoms with E-state index in [1.807, 2.05) is 54.6 Å². The van der Waals surface area contributed by atoms with Crippen molar-refractivity contribution in [2.24, 2.45) is 0 Å². The van der Waals surface area contributed by atoms with Crippen molar-refractivity contribution < 1.29 is 4.79 Å². The van der Waals surface area contributed by atoms with Gasteiger partial charge in [-0.2, -0.15) is 0 Å². The van der Waals surface area contributed by atoms with E-state index in [2.05, 4.69) is 25.5 Å². The first-order chi connectivity index (χ1) is 13.3. The second kappa shape index (κ2) is 6.66. The Labute approximate surface area is 159 Å². The molecule has 2 aromatic carbocycles. The molecule has 0 spiro atoms. The van der Waals surface area contributed by atoms with Crippen molar-refractivity contribution in [2.75, 3.05) is 0 Å². The SMILES string of the molecule is O=C(NC1CC1)[C@H](Sc1nnc2c(n1)[nH]c1ccccc12)c1ccccc1. The van der Waals surface area contributed by atoms with Crippen LogP contribution in [0.1, 0.15) is 23.7 Å². The van der Waals surface area contributed by atoms with Crippen molar-refractivity contribution in [1.82, 2.24) is 25.5 Å². The van der Waals surface area contributed by atoms with Crippen LogP contribution in [0.3, 0.4) is 0 Å². The van der Waals surface area contributed by atoms with Crippen LogP contribution < -0.4 is 5.32 Å². The summed E-state index contributed by atoms with van der Waals surface area (Å²) in [5.41, 5.74) is 3.33. The average Bonchev–Trinajstić information content (AvgIpc) is 3.44. The molecule has 0 saturated heterocycles. The monoisotopic (exact) mass is 375 g/mol. The quantitative estimate of drug-likeness (QED) is 0.521. The maximum Gasteiger partial charge on any atom is 0.238 e. The molecule has 134 valence electrons. The Bertz CT molecular complexity index is 1120. The number of hydrogen-bond acceptors (Lipinski definition) is 5. The van der Waals surface area contributed by atoms with Crippen LogP contribution in [0.25, 0.3) is 22.1 Å². The first kappa shape index (κ1) is 16.3. The van der Waals surface area contributed by atoms with Gasteiger partial charge in [0.1, 0.15) is 10.8 Å². The summed E-state index contributed by atoms with van der Waals surface area (Å²) in [5.74, 6) is -0.00552. The number of carbonyl (C=O) groups is 1. The molecule has 4 aromatic rings. The third kappa shape index (κ3) is 3.26. The van der Waals surface area contributed by atoms with Gasteiger partial charge < -0.3 is 10.3 Å². The number of hydrogen-bond donors (Lipinski definition) is 2. The second-order valence-corrected chi connectivity index (χ2v) is 7.73. The molecule has 5 rings (SSSR count). The fourth-order valence-corrected chi connectivity index (χ4v) is 3.98. The largest absolute Gasteiger partial charge is 0.352 e. The number of H-pyrrole nitrogens is 1. The van der Waals surface area contributed by atoms with Gasteiger partial charge in [0, 0.05) is 16.9 Å². The van der Waals surface area contributed by atoms with Crippen molar-refractivity contribution in [3.05, 3.63) is 60.2 Å². The van der Waals surface area contributed by atoms with E-state index in [4.69, 9.17) is 0 Å². The number of amides is 1. The number of benzene rings is 2. The Balaban J connectivity index is 1.49. The molecule has 0 unspecified atom stereocenters. The number of aromatic nitrogens is 4. The molecule has 0 radical (unpaired) electrons. The number of nitrogens with one attached hydrogen (secondary N) is 2. The minimum absolute atomic E-state index is 0.00552. The van der Waals surface area contributed by atoms with E-state index in [0.717, 1.165) is 34.8 Å². The second-order valence-electron chi connectivity index (χ2n) is 6.65. The van der Waals surface area contributed by atoms with Gasteiger partial charge in [-0.25, -0.2) is 4.98 Å². The summed E-state index contributed by atoms with van der Waals surface area (Å²) < 4.78 is 0. The summed E-state index contributed by atoms with van der Waals surface area (Å²) in [4.78, 5) is 20.7. The van der Waals surface area contributed by atoms with Gasteiger partial charge in [-0.15, -0.1) is 10.2 Å². The molecule has 2 heterocycles. The van der Waals surface area contributed by atoms with Gasteiger partial charge >= 0.3 is 0 Å². The normalized spacial score (nSPS) is 15.1. The fourth-order valence-electron chi connectivity index (χ4n) is 3.07. The van der Waals surface area contributed by atoms with Gasteiger partial charge in [0.2, 0.25) is 11.1 Å². The van der Waals surface area contributed by atoms with E-state index in [1.54, 1.807) is 0 Å². The third-order valence-corrected chi connectivity index (χ3v) is 5.70. The van der Waals surface area contributed by atoms with Crippen molar-refractivity contribution in [3.8, 4) is 0 Å². The summed E-state index contributed by atoms with van der Waals surface area (Å²) in [6.45, 7) is 0. The Kier molecular flexibility index (Phi) is 4.01. The van der Waals surface area contributed by atoms with E-state index in [1.165, 1.54) is 11.8 Å². The van der Waals surface area contributed by atoms with Crippen LogP contribution in [0.5, 0.6) is 0 Å². The van der Waals surface area contributed by atoms with Crippen LogP contribution in [0.2, 0.25) is 0 Å². The van der Waals surface area contributed by atoms with E-state index < -0.39 is 5.25 Å². The minimum atomic E-state index is -0.407. The van der Waals surface area contributed by atoms with Crippen LogP contribution in [0, 0.1) is 0 Å². The number of thioether (sulfide) groups is 1. The first-order valence-corrected chi connectivity index (χ1v) is 9.79. The van der Waals surface area contributed by atoms with Gasteiger partial charge in [0.05, 0.1) is 0 Å². The lowest BCUT2D eigenvalue weighted by Crippen LogP contribution is -2.29. The average molecular weight is 375 g/mol. The van der Waals surface area contributed by atoms with Gasteiger partial charge in [0.15, 0.2) is 5.65 Å². The van der Waals surface area contributed by atoms with Gasteiger partial charge in [-0.3, -0.25) is 4.79 Å². The molecule has 2 N–H and O–H groups in total. The highest BCUT2D eigenvalue weighted by Crippen LogP contribution is 2.35. The number of fused-ring (bicyclic) bond motifs is 3. The zero-order chi connectivity index (χ0) is 18.2. The molecule has 1 aliphatic carbocycles. The topological polar surface area (TPSA) is 83.6 Å². The lowest BCUT2D eigenvalue weighted by atomic mass is 10.1. The molecule has 0 aliphatic heterocycles. The van der Waals surface area contributed by atoms with Crippen molar-refractivity contribution >= 4 is 39.7 Å². The zero-order valence-corrected chi connectivity index (χ0v) is 15.2. The summed E-state index contributed by atoms with van der Waals surface area (Å²) in [5, 5.41) is 12.8. The smallest absolute Gasteiger partial charge is 0.238 e. The molecule has 6 nitrogen and oxygen atoms in total. The van der Waals surface area contributed by atoms with E-state index in [9.17, 15) is 4.79 Å². The van der Waals surface area contributed by atoms with Crippen molar-refractivity contribution in [3.63, 3.8) is 0 Å². The van der Waals surface area contributed by atoms with Crippen LogP contribution in [0.15, 0.2) is 59.8 Å². The Morgan fingerprint density at radius 3 is 2.67 bits per heavy atom. The molecular weight excluding hydrogens is 358 g/mol. The molecule has 7 heteroatoms. The maximum absolute atomic E-state index is 12.8. The third-order valence-electron chi connectivity index (χ3n) is 4.59. The lowest BCUT2D eigenvalue weighted by Gasteiger charge is -2.15. The van der Waals surface area contributed by atoms with E-state index in [0.29, 0.717) is 16.8 Å². The molecule has 0 bridgehead atoms. The van der Waals surface area contributed by atoms with Crippen LogP contribution >= 0.6 is 11.8 Å². The summed E-state index contributed by atoms with van der Waals surface area (Å²) in [7, 11) is 0. The van der Waals surface area contributed by atoms with Crippen LogP contribution in [-0.4, -0.2) is 32.1 Å². The molecular formula is C20H17N5OS. The molecule has 1 saturated carbocycles. The maximum atomic E-state index is 12.8. The predicted molar refractivity (Wildman–Crippen MR) is 105 cm³/mol. The van der Waals surface area contributed by atoms with E-state index >= 15 is 0 Å². The van der Waals surface area contributed by atoms with Gasteiger partial charge in [-0.05, 0) is 24.5 Å². The zero-order valence-electron chi connectivity index (χ0n) is 14.4. The first-order valence-electron chi connectivity index (χ1n) is 8.91. The van der Waals surface area contributed by atoms with Crippen LogP contribution in [-0.2, 0) is 4.79 Å². The lowest BCUT2D eigenvalue weighted by molar-refractivity contribution is -0.120. The summed E-state index contributed by atoms with van der Waals surface area (Å²) in [6, 6.07) is 18.0. The van der Waals surface area contributed by atoms with Crippen molar-refractivity contribution in [1.29, 1.82) is 0 Å². The molecule has 27 heavy (non-hydrogen) atoms. The molecule has 1 amide bonds. The Morgan fingerprint density at radius 1 is 1.07 bits per heavy atom. The highest BCUT2D eigenvalue weighted by molar-refractivity contribution is 8.00. The number of aromatic amines is 1. The molecule has 1 fully saturated rings. The number of para-hydroxylation sites is 1. The van der Waals surface area contributed by atoms with Crippen molar-refractivity contribution in [2.45, 2.75) is 29.3 Å². The van der Waals surface area contributed by atoms with Crippen LogP contribution in [0.4, 0.5) is 0 Å². The molecule has 1 atom stereocenters. The number of rotatable bonds is 5. The van der Waals surface area contributed by atoms with E-state index in [-0.39, 0.29) is 5.91 Å². The minimum Gasteiger partial charge on any atom is -0.352 e. The van der Waals surface area contributed by atoms with Gasteiger partial charge in [0.25, 0.3) is 0 Å². The number of nitrogens with zero attached hydrogens (tertiary/aromatic N) is 3. The summed E-state index contributed by atoms with van der Waals surface area (Å²) >= 11 is 1.33. The van der Waals surface area contributed by atoms with Gasteiger partial charge in [-0.1, -0.05) is 60.3 Å². The standard InChI is InChI=1S/C20H17N5OS/c26-19(21-13-10-11-13)17(12-6-2-1-3-7-12)27-20-23-18-16(24-25-20)14-8-4-5-9-15(14)22-18/h1-9,13,17H,10-11H2,(H,21,26)(H,22,23,25)/t17-/m1/s1. The summed E-state index contributed by atoms with van der Waals surface area (Å²) in [6.07, 6.45) is 2.11. The highest BCUT2D eigenvalue weighted by Gasteiger charge is 2.30. The molecule has 2 aromatic heterocycles. The fraction of sp³-hybridized carbons (Fsp3) is 0.200. The predicted octanol–water partition coefficient (Wildman–Crippen LogP) is 3.62. The number of carbonyl (C=O) groups excluding carboxylic acids is 1. The highest BCUT2D eigenvalue weighted by atomic mass is 32.2.